The molecule has 0 saturated carbocycles. The van der Waals surface area contributed by atoms with Crippen molar-refractivity contribution in [2.75, 3.05) is 37.7 Å². The molecule has 0 aliphatic carbocycles. The van der Waals surface area contributed by atoms with Gasteiger partial charge in [-0.2, -0.15) is 0 Å². The fraction of sp³-hybridized carbons (Fsp3) is 0.478. The molecule has 0 radical (unpaired) electrons. The van der Waals surface area contributed by atoms with Gasteiger partial charge in [0.2, 0.25) is 0 Å². The lowest BCUT2D eigenvalue weighted by atomic mass is 10.2. The first-order valence-corrected chi connectivity index (χ1v) is 10.8. The van der Waals surface area contributed by atoms with Crippen LogP contribution < -0.4 is 20.3 Å². The van der Waals surface area contributed by atoms with E-state index in [-0.39, 0.29) is 18.0 Å². The van der Waals surface area contributed by atoms with E-state index in [1.807, 2.05) is 26.1 Å². The molecule has 0 spiro atoms. The van der Waals surface area contributed by atoms with E-state index in [0.717, 1.165) is 37.6 Å². The molecule has 1 saturated heterocycles. The normalized spacial score (nSPS) is 17.9. The van der Waals surface area contributed by atoms with Crippen LogP contribution in [0.25, 0.3) is 0 Å². The van der Waals surface area contributed by atoms with Gasteiger partial charge < -0.3 is 25.0 Å². The molecule has 31 heavy (non-hydrogen) atoms. The summed E-state index contributed by atoms with van der Waals surface area (Å²) in [5.74, 6) is 1.87. The number of hydrogen-bond acceptors (Lipinski definition) is 5. The molecule has 1 aromatic heterocycles. The Kier molecular flexibility index (Phi) is 8.46. The Labute approximate surface area is 183 Å². The first kappa shape index (κ1) is 22.8. The zero-order valence-corrected chi connectivity index (χ0v) is 18.5. The average molecular weight is 430 g/mol. The second-order valence-electron chi connectivity index (χ2n) is 7.61. The lowest BCUT2D eigenvalue weighted by Crippen LogP contribution is -2.41. The zero-order chi connectivity index (χ0) is 22.1. The fourth-order valence-electron chi connectivity index (χ4n) is 3.29. The van der Waals surface area contributed by atoms with Crippen LogP contribution in [0, 0.1) is 5.82 Å². The van der Waals surface area contributed by atoms with Gasteiger partial charge in [0.25, 0.3) is 0 Å². The van der Waals surface area contributed by atoms with E-state index in [2.05, 4.69) is 38.5 Å². The Balaban J connectivity index is 1.51. The predicted molar refractivity (Wildman–Crippen MR) is 121 cm³/mol. The fourth-order valence-corrected chi connectivity index (χ4v) is 3.29. The highest BCUT2D eigenvalue weighted by atomic mass is 19.1. The number of benzene rings is 1. The van der Waals surface area contributed by atoms with Gasteiger partial charge in [0.05, 0.1) is 25.8 Å². The highest BCUT2D eigenvalue weighted by Gasteiger charge is 2.17. The summed E-state index contributed by atoms with van der Waals surface area (Å²) in [6, 6.07) is 10.3. The monoisotopic (exact) mass is 429 g/mol. The van der Waals surface area contributed by atoms with Crippen LogP contribution in [0.4, 0.5) is 10.2 Å². The number of nitrogens with zero attached hydrogens (tertiary/aromatic N) is 3. The van der Waals surface area contributed by atoms with E-state index < -0.39 is 0 Å². The molecule has 0 amide bonds. The minimum atomic E-state index is -0.310. The molecular formula is C23H32FN5O2. The van der Waals surface area contributed by atoms with E-state index in [0.29, 0.717) is 24.8 Å². The van der Waals surface area contributed by atoms with Gasteiger partial charge in [-0.25, -0.2) is 14.4 Å². The molecule has 8 heteroatoms. The largest absolute Gasteiger partial charge is 0.489 e. The first-order valence-electron chi connectivity index (χ1n) is 10.8. The number of anilines is 1. The molecule has 3 rings (SSSR count). The Bertz CT molecular complexity index is 846. The average Bonchev–Trinajstić information content (AvgIpc) is 2.76. The third-order valence-corrected chi connectivity index (χ3v) is 4.83. The van der Waals surface area contributed by atoms with E-state index in [1.165, 1.54) is 12.1 Å². The van der Waals surface area contributed by atoms with Crippen LogP contribution in [0.1, 0.15) is 26.3 Å². The number of nitrogens with one attached hydrogen (secondary N) is 2. The third-order valence-electron chi connectivity index (χ3n) is 4.83. The number of aliphatic imine (C=N–C) groups is 1. The van der Waals surface area contributed by atoms with Gasteiger partial charge >= 0.3 is 0 Å². The molecule has 2 aromatic rings. The number of halogens is 1. The summed E-state index contributed by atoms with van der Waals surface area (Å²) in [5, 5.41) is 6.50. The molecule has 1 aromatic carbocycles. The molecule has 2 unspecified atom stereocenters. The van der Waals surface area contributed by atoms with Crippen LogP contribution in [0.3, 0.4) is 0 Å². The second kappa shape index (κ2) is 11.5. The van der Waals surface area contributed by atoms with Crippen LogP contribution in [0.15, 0.2) is 47.6 Å². The first-order chi connectivity index (χ1) is 15.0. The van der Waals surface area contributed by atoms with Gasteiger partial charge in [-0.05, 0) is 44.5 Å². The standard InChI is InChI=1S/C23H32FN5O2/c1-4-25-23(27-13-17(2)31-21-7-5-6-20(24)12-21)28-15-19-8-9-22(26-14-19)29-10-11-30-18(3)16-29/h5-9,12,14,17-18H,4,10-11,13,15-16H2,1-3H3,(H2,25,27,28). The number of pyridine rings is 1. The third kappa shape index (κ3) is 7.40. The van der Waals surface area contributed by atoms with Gasteiger partial charge in [0.1, 0.15) is 23.5 Å². The molecule has 2 atom stereocenters. The molecule has 7 nitrogen and oxygen atoms in total. The number of rotatable bonds is 8. The van der Waals surface area contributed by atoms with Crippen molar-refractivity contribution in [2.45, 2.75) is 39.5 Å². The molecule has 2 heterocycles. The lowest BCUT2D eigenvalue weighted by Gasteiger charge is -2.32. The van der Waals surface area contributed by atoms with Gasteiger partial charge in [-0.3, -0.25) is 0 Å². The van der Waals surface area contributed by atoms with Crippen molar-refractivity contribution in [3.8, 4) is 5.75 Å². The maximum atomic E-state index is 13.3. The SMILES string of the molecule is CCNC(=NCc1ccc(N2CCOC(C)C2)nc1)NCC(C)Oc1cccc(F)c1. The number of hydrogen-bond donors (Lipinski definition) is 2. The lowest BCUT2D eigenvalue weighted by molar-refractivity contribution is 0.0529. The number of guanidine groups is 1. The highest BCUT2D eigenvalue weighted by Crippen LogP contribution is 2.16. The Morgan fingerprint density at radius 3 is 2.94 bits per heavy atom. The van der Waals surface area contributed by atoms with E-state index >= 15 is 0 Å². The summed E-state index contributed by atoms with van der Waals surface area (Å²) in [6.07, 6.45) is 1.95. The van der Waals surface area contributed by atoms with Gasteiger partial charge in [0.15, 0.2) is 5.96 Å². The minimum absolute atomic E-state index is 0.150. The highest BCUT2D eigenvalue weighted by molar-refractivity contribution is 5.79. The quantitative estimate of drug-likeness (QED) is 0.497. The van der Waals surface area contributed by atoms with Gasteiger partial charge in [-0.1, -0.05) is 12.1 Å². The van der Waals surface area contributed by atoms with Crippen molar-refractivity contribution in [1.29, 1.82) is 0 Å². The maximum absolute atomic E-state index is 13.3. The summed E-state index contributed by atoms with van der Waals surface area (Å²) in [6.45, 7) is 10.3. The zero-order valence-electron chi connectivity index (χ0n) is 18.5. The molecule has 0 bridgehead atoms. The van der Waals surface area contributed by atoms with E-state index in [1.54, 1.807) is 12.1 Å². The van der Waals surface area contributed by atoms with Crippen molar-refractivity contribution < 1.29 is 13.9 Å². The number of aromatic nitrogens is 1. The Morgan fingerprint density at radius 2 is 2.23 bits per heavy atom. The molecule has 2 N–H and O–H groups in total. The summed E-state index contributed by atoms with van der Waals surface area (Å²) in [4.78, 5) is 11.5. The smallest absolute Gasteiger partial charge is 0.191 e. The number of morpholine rings is 1. The van der Waals surface area contributed by atoms with E-state index in [4.69, 9.17) is 9.47 Å². The van der Waals surface area contributed by atoms with E-state index in [9.17, 15) is 4.39 Å². The molecular weight excluding hydrogens is 397 g/mol. The number of ether oxygens (including phenoxy) is 2. The minimum Gasteiger partial charge on any atom is -0.489 e. The molecule has 1 aliphatic heterocycles. The molecule has 1 aliphatic rings. The van der Waals surface area contributed by atoms with Crippen LogP contribution in [-0.2, 0) is 11.3 Å². The summed E-state index contributed by atoms with van der Waals surface area (Å²) in [7, 11) is 0. The van der Waals surface area contributed by atoms with Gasteiger partial charge in [-0.15, -0.1) is 0 Å². The van der Waals surface area contributed by atoms with Crippen LogP contribution in [0.5, 0.6) is 5.75 Å². The van der Waals surface area contributed by atoms with Crippen molar-refractivity contribution >= 4 is 11.8 Å². The predicted octanol–water partition coefficient (Wildman–Crippen LogP) is 2.97. The van der Waals surface area contributed by atoms with Crippen molar-refractivity contribution in [3.63, 3.8) is 0 Å². The van der Waals surface area contributed by atoms with Crippen molar-refractivity contribution in [3.05, 3.63) is 54.0 Å². The second-order valence-corrected chi connectivity index (χ2v) is 7.61. The van der Waals surface area contributed by atoms with Gasteiger partial charge in [0, 0.05) is 31.9 Å². The van der Waals surface area contributed by atoms with Crippen molar-refractivity contribution in [2.24, 2.45) is 4.99 Å². The topological polar surface area (TPSA) is 71.0 Å². The maximum Gasteiger partial charge on any atom is 0.191 e. The summed E-state index contributed by atoms with van der Waals surface area (Å²) < 4.78 is 24.7. The van der Waals surface area contributed by atoms with Crippen LogP contribution in [0.2, 0.25) is 0 Å². The Morgan fingerprint density at radius 1 is 1.35 bits per heavy atom. The van der Waals surface area contributed by atoms with Crippen LogP contribution >= 0.6 is 0 Å². The Hall–Kier alpha value is -2.87. The van der Waals surface area contributed by atoms with Crippen LogP contribution in [-0.4, -0.2) is 55.9 Å². The summed E-state index contributed by atoms with van der Waals surface area (Å²) >= 11 is 0. The molecule has 1 fully saturated rings. The van der Waals surface area contributed by atoms with Crippen molar-refractivity contribution in [1.82, 2.24) is 15.6 Å². The molecule has 168 valence electrons. The summed E-state index contributed by atoms with van der Waals surface area (Å²) in [5.41, 5.74) is 1.03.